The molecule has 0 fully saturated rings. The normalized spacial score (nSPS) is 15.1. The maximum absolute atomic E-state index is 12.0. The Morgan fingerprint density at radius 1 is 1.21 bits per heavy atom. The average molecular weight is 362 g/mol. The lowest BCUT2D eigenvalue weighted by Gasteiger charge is -2.36. The van der Waals surface area contributed by atoms with Crippen molar-refractivity contribution in [3.8, 4) is 0 Å². The van der Waals surface area contributed by atoms with Crippen LogP contribution >= 0.6 is 0 Å². The minimum absolute atomic E-state index is 0.0739. The summed E-state index contributed by atoms with van der Waals surface area (Å²) in [5.41, 5.74) is 0. The van der Waals surface area contributed by atoms with E-state index in [0.717, 1.165) is 0 Å². The molecule has 0 aromatic carbocycles. The Balaban J connectivity index is 4.70. The van der Waals surface area contributed by atoms with Crippen LogP contribution in [0.3, 0.4) is 0 Å². The number of carbonyl (C=O) groups is 2. The summed E-state index contributed by atoms with van der Waals surface area (Å²) in [5.74, 6) is -0.894. The molecule has 0 heterocycles. The second-order valence-corrected chi connectivity index (χ2v) is 12.9. The number of ether oxygens (including phenoxy) is 1. The van der Waals surface area contributed by atoms with Crippen LogP contribution < -0.4 is 5.32 Å². The first kappa shape index (κ1) is 23.1. The molecule has 0 bridgehead atoms. The molecule has 1 amide bonds. The molecule has 0 radical (unpaired) electrons. The van der Waals surface area contributed by atoms with E-state index in [4.69, 9.17) is 9.16 Å². The van der Waals surface area contributed by atoms with E-state index in [1.807, 2.05) is 13.8 Å². The van der Waals surface area contributed by atoms with Crippen molar-refractivity contribution in [2.75, 3.05) is 13.7 Å². The lowest BCUT2D eigenvalue weighted by Crippen LogP contribution is -2.48. The topological polar surface area (TPSA) is 84.9 Å². The van der Waals surface area contributed by atoms with Gasteiger partial charge in [-0.2, -0.15) is 0 Å². The van der Waals surface area contributed by atoms with E-state index in [1.165, 1.54) is 7.11 Å². The Hall–Kier alpha value is -0.923. The smallest absolute Gasteiger partial charge is 0.328 e. The molecule has 0 unspecified atom stereocenters. The number of nitrogens with one attached hydrogen (secondary N) is 1. The van der Waals surface area contributed by atoms with Crippen LogP contribution in [0, 0.1) is 5.92 Å². The molecule has 6 nitrogen and oxygen atoms in total. The number of methoxy groups -OCH3 is 1. The average Bonchev–Trinajstić information content (AvgIpc) is 2.43. The highest BCUT2D eigenvalue weighted by molar-refractivity contribution is 6.74. The third-order valence-electron chi connectivity index (χ3n) is 4.48. The number of carbonyl (C=O) groups excluding carboxylic acids is 2. The summed E-state index contributed by atoms with van der Waals surface area (Å²) in [7, 11) is -0.636. The van der Waals surface area contributed by atoms with Crippen LogP contribution in [-0.2, 0) is 18.8 Å². The van der Waals surface area contributed by atoms with Crippen molar-refractivity contribution in [1.29, 1.82) is 0 Å². The van der Waals surface area contributed by atoms with Gasteiger partial charge in [0.1, 0.15) is 12.1 Å². The Morgan fingerprint density at radius 2 is 1.75 bits per heavy atom. The molecule has 142 valence electrons. The first-order chi connectivity index (χ1) is 10.8. The summed E-state index contributed by atoms with van der Waals surface area (Å²) in [4.78, 5) is 23.9. The van der Waals surface area contributed by atoms with Crippen LogP contribution in [0.5, 0.6) is 0 Å². The number of hydrogen-bond donors (Lipinski definition) is 2. The van der Waals surface area contributed by atoms with Crippen molar-refractivity contribution in [2.24, 2.45) is 5.92 Å². The monoisotopic (exact) mass is 361 g/mol. The summed E-state index contributed by atoms with van der Waals surface area (Å²) < 4.78 is 10.8. The van der Waals surface area contributed by atoms with Crippen LogP contribution in [0.15, 0.2) is 0 Å². The van der Waals surface area contributed by atoms with Crippen LogP contribution in [-0.4, -0.2) is 51.2 Å². The van der Waals surface area contributed by atoms with Gasteiger partial charge in [-0.25, -0.2) is 4.79 Å². The van der Waals surface area contributed by atoms with Gasteiger partial charge in [-0.3, -0.25) is 4.79 Å². The van der Waals surface area contributed by atoms with E-state index >= 15 is 0 Å². The van der Waals surface area contributed by atoms with Crippen molar-refractivity contribution in [1.82, 2.24) is 5.32 Å². The largest absolute Gasteiger partial charge is 0.467 e. The molecule has 7 heteroatoms. The molecule has 0 rings (SSSR count). The predicted octanol–water partition coefficient (Wildman–Crippen LogP) is 2.46. The molecular weight excluding hydrogens is 326 g/mol. The molecule has 0 aromatic heterocycles. The molecule has 0 saturated carbocycles. The molecule has 2 N–H and O–H groups in total. The molecular formula is C17H35NO5Si. The quantitative estimate of drug-likeness (QED) is 0.487. The highest BCUT2D eigenvalue weighted by Crippen LogP contribution is 2.36. The fraction of sp³-hybridized carbons (Fsp3) is 0.882. The summed E-state index contributed by atoms with van der Waals surface area (Å²) in [6, 6.07) is -0.811. The molecule has 0 aliphatic rings. The van der Waals surface area contributed by atoms with Gasteiger partial charge in [-0.05, 0) is 30.5 Å². The highest BCUT2D eigenvalue weighted by Gasteiger charge is 2.37. The van der Waals surface area contributed by atoms with Gasteiger partial charge in [0, 0.05) is 13.0 Å². The van der Waals surface area contributed by atoms with E-state index in [9.17, 15) is 14.7 Å². The number of rotatable bonds is 9. The van der Waals surface area contributed by atoms with Crippen LogP contribution in [0.1, 0.15) is 47.5 Å². The van der Waals surface area contributed by atoms with Crippen molar-refractivity contribution in [3.63, 3.8) is 0 Å². The van der Waals surface area contributed by atoms with Gasteiger partial charge in [0.25, 0.3) is 0 Å². The second-order valence-electron chi connectivity index (χ2n) is 8.13. The van der Waals surface area contributed by atoms with Gasteiger partial charge in [0.2, 0.25) is 5.91 Å². The van der Waals surface area contributed by atoms with Crippen molar-refractivity contribution in [3.05, 3.63) is 0 Å². The Kier molecular flexibility index (Phi) is 9.16. The fourth-order valence-corrected chi connectivity index (χ4v) is 2.92. The number of esters is 1. The number of hydrogen-bond acceptors (Lipinski definition) is 5. The molecule has 0 aliphatic carbocycles. The number of aliphatic hydroxyl groups excluding tert-OH is 1. The van der Waals surface area contributed by atoms with E-state index < -0.39 is 32.3 Å². The summed E-state index contributed by atoms with van der Waals surface area (Å²) >= 11 is 0. The first-order valence-electron chi connectivity index (χ1n) is 8.52. The third kappa shape index (κ3) is 7.77. The lowest BCUT2D eigenvalue weighted by atomic mass is 10.1. The SMILES string of the molecule is COC(=O)[C@H](CCO[Si](C)(C)C(C)(C)C)NC(=O)[C@H](O)CC(C)C. The van der Waals surface area contributed by atoms with Gasteiger partial charge in [0.05, 0.1) is 7.11 Å². The first-order valence-corrected chi connectivity index (χ1v) is 11.4. The Morgan fingerprint density at radius 3 is 2.17 bits per heavy atom. The molecule has 0 spiro atoms. The lowest BCUT2D eigenvalue weighted by molar-refractivity contribution is -0.146. The van der Waals surface area contributed by atoms with E-state index in [2.05, 4.69) is 39.2 Å². The van der Waals surface area contributed by atoms with Crippen LogP contribution in [0.4, 0.5) is 0 Å². The Labute approximate surface area is 147 Å². The molecule has 24 heavy (non-hydrogen) atoms. The molecule has 0 saturated heterocycles. The van der Waals surface area contributed by atoms with Crippen LogP contribution in [0.2, 0.25) is 18.1 Å². The second kappa shape index (κ2) is 9.53. The van der Waals surface area contributed by atoms with Gasteiger partial charge in [-0.15, -0.1) is 0 Å². The van der Waals surface area contributed by atoms with Crippen molar-refractivity contribution in [2.45, 2.75) is 77.7 Å². The molecule has 0 aliphatic heterocycles. The van der Waals surface area contributed by atoms with Gasteiger partial charge >= 0.3 is 5.97 Å². The van der Waals surface area contributed by atoms with E-state index in [-0.39, 0.29) is 11.0 Å². The zero-order valence-electron chi connectivity index (χ0n) is 16.4. The van der Waals surface area contributed by atoms with Crippen molar-refractivity contribution < 1.29 is 23.9 Å². The molecule has 2 atom stereocenters. The summed E-state index contributed by atoms with van der Waals surface area (Å²) in [6.07, 6.45) is -0.460. The maximum Gasteiger partial charge on any atom is 0.328 e. The third-order valence-corrected chi connectivity index (χ3v) is 9.01. The van der Waals surface area contributed by atoms with E-state index in [1.54, 1.807) is 0 Å². The van der Waals surface area contributed by atoms with E-state index in [0.29, 0.717) is 19.4 Å². The van der Waals surface area contributed by atoms with Crippen LogP contribution in [0.25, 0.3) is 0 Å². The minimum atomic E-state index is -1.91. The van der Waals surface area contributed by atoms with Crippen molar-refractivity contribution >= 4 is 20.2 Å². The predicted molar refractivity (Wildman–Crippen MR) is 97.2 cm³/mol. The van der Waals surface area contributed by atoms with Gasteiger partial charge in [-0.1, -0.05) is 34.6 Å². The maximum atomic E-state index is 12.0. The highest BCUT2D eigenvalue weighted by atomic mass is 28.4. The minimum Gasteiger partial charge on any atom is -0.467 e. The number of aliphatic hydroxyl groups is 1. The summed E-state index contributed by atoms with van der Waals surface area (Å²) in [5, 5.41) is 12.5. The fourth-order valence-electron chi connectivity index (χ4n) is 1.86. The zero-order chi connectivity index (χ0) is 19.1. The standard InChI is InChI=1S/C17H35NO5Si/c1-12(2)11-14(19)15(20)18-13(16(21)22-6)9-10-23-24(7,8)17(3,4)5/h12-14,19H,9-11H2,1-8H3,(H,18,20)/t13-,14+/m0/s1. The number of amides is 1. The molecule has 0 aromatic rings. The Bertz CT molecular complexity index is 418. The van der Waals surface area contributed by atoms with Gasteiger partial charge in [0.15, 0.2) is 8.32 Å². The zero-order valence-corrected chi connectivity index (χ0v) is 17.4. The summed E-state index contributed by atoms with van der Waals surface area (Å²) in [6.45, 7) is 14.9. The van der Waals surface area contributed by atoms with Gasteiger partial charge < -0.3 is 19.6 Å².